The molecular formula is C17H13Cl2NO2. The number of ether oxygens (including phenoxy) is 2. The second-order valence-corrected chi connectivity index (χ2v) is 5.22. The van der Waals surface area contributed by atoms with Gasteiger partial charge in [-0.05, 0) is 35.9 Å². The lowest BCUT2D eigenvalue weighted by Crippen LogP contribution is -1.94. The summed E-state index contributed by atoms with van der Waals surface area (Å²) in [6, 6.07) is 12.6. The van der Waals surface area contributed by atoms with E-state index in [4.69, 9.17) is 37.9 Å². The minimum absolute atomic E-state index is 0.515. The van der Waals surface area contributed by atoms with Gasteiger partial charge in [-0.15, -0.1) is 0 Å². The molecule has 0 fully saturated rings. The summed E-state index contributed by atoms with van der Waals surface area (Å²) < 4.78 is 10.5. The maximum atomic E-state index is 9.09. The molecule has 0 aliphatic carbocycles. The van der Waals surface area contributed by atoms with Crippen LogP contribution in [0.1, 0.15) is 11.1 Å². The van der Waals surface area contributed by atoms with Crippen LogP contribution in [-0.2, 0) is 0 Å². The monoisotopic (exact) mass is 333 g/mol. The Balaban J connectivity index is 2.61. The lowest BCUT2D eigenvalue weighted by atomic mass is 9.97. The van der Waals surface area contributed by atoms with Crippen molar-refractivity contribution >= 4 is 28.8 Å². The van der Waals surface area contributed by atoms with E-state index in [1.807, 2.05) is 12.1 Å². The Morgan fingerprint density at radius 1 is 1.05 bits per heavy atom. The van der Waals surface area contributed by atoms with Crippen molar-refractivity contribution in [2.24, 2.45) is 0 Å². The largest absolute Gasteiger partial charge is 0.493 e. The zero-order valence-electron chi connectivity index (χ0n) is 12.1. The molecule has 112 valence electrons. The van der Waals surface area contributed by atoms with E-state index in [0.29, 0.717) is 32.7 Å². The highest BCUT2D eigenvalue weighted by Crippen LogP contribution is 2.35. The highest BCUT2D eigenvalue weighted by Gasteiger charge is 2.13. The van der Waals surface area contributed by atoms with Gasteiger partial charge in [0.1, 0.15) is 0 Å². The van der Waals surface area contributed by atoms with Gasteiger partial charge < -0.3 is 9.47 Å². The van der Waals surface area contributed by atoms with Crippen LogP contribution in [0.4, 0.5) is 0 Å². The summed E-state index contributed by atoms with van der Waals surface area (Å²) in [5.74, 6) is 1.18. The normalized spacial score (nSPS) is 11.0. The van der Waals surface area contributed by atoms with Gasteiger partial charge in [0, 0.05) is 27.3 Å². The average Bonchev–Trinajstić information content (AvgIpc) is 2.54. The molecule has 0 unspecified atom stereocenters. The first kappa shape index (κ1) is 16.2. The van der Waals surface area contributed by atoms with E-state index in [0.717, 1.165) is 5.56 Å². The third-order valence-corrected chi connectivity index (χ3v) is 3.69. The number of allylic oxidation sites excluding steroid dienone is 1. The van der Waals surface area contributed by atoms with Crippen molar-refractivity contribution < 1.29 is 9.47 Å². The molecule has 0 radical (unpaired) electrons. The van der Waals surface area contributed by atoms with Gasteiger partial charge in [0.15, 0.2) is 11.5 Å². The van der Waals surface area contributed by atoms with Gasteiger partial charge >= 0.3 is 0 Å². The summed E-state index contributed by atoms with van der Waals surface area (Å²) in [4.78, 5) is 0. The highest BCUT2D eigenvalue weighted by atomic mass is 35.5. The number of benzene rings is 2. The molecule has 2 rings (SSSR count). The van der Waals surface area contributed by atoms with E-state index < -0.39 is 0 Å². The first-order valence-electron chi connectivity index (χ1n) is 6.38. The van der Waals surface area contributed by atoms with Crippen molar-refractivity contribution in [2.75, 3.05) is 14.2 Å². The number of hydrogen-bond acceptors (Lipinski definition) is 3. The number of nitriles is 1. The third-order valence-electron chi connectivity index (χ3n) is 3.12. The molecule has 0 aliphatic heterocycles. The molecule has 0 aromatic heterocycles. The second-order valence-electron chi connectivity index (χ2n) is 4.38. The lowest BCUT2D eigenvalue weighted by molar-refractivity contribution is 0.355. The molecule has 0 aliphatic rings. The van der Waals surface area contributed by atoms with E-state index in [-0.39, 0.29) is 0 Å². The molecule has 2 aromatic rings. The van der Waals surface area contributed by atoms with Gasteiger partial charge in [-0.1, -0.05) is 29.3 Å². The Bertz CT molecular complexity index is 764. The van der Waals surface area contributed by atoms with Gasteiger partial charge in [-0.2, -0.15) is 5.26 Å². The molecule has 0 saturated carbocycles. The molecule has 0 heterocycles. The first-order valence-corrected chi connectivity index (χ1v) is 7.14. The van der Waals surface area contributed by atoms with E-state index in [9.17, 15) is 0 Å². The molecule has 0 saturated heterocycles. The van der Waals surface area contributed by atoms with Crippen LogP contribution in [0, 0.1) is 11.3 Å². The molecule has 0 atom stereocenters. The van der Waals surface area contributed by atoms with E-state index in [2.05, 4.69) is 0 Å². The maximum absolute atomic E-state index is 9.09. The molecule has 5 heteroatoms. The van der Waals surface area contributed by atoms with Gasteiger partial charge in [-0.3, -0.25) is 0 Å². The Morgan fingerprint density at radius 3 is 2.41 bits per heavy atom. The quantitative estimate of drug-likeness (QED) is 0.742. The van der Waals surface area contributed by atoms with Crippen LogP contribution in [-0.4, -0.2) is 14.2 Å². The summed E-state index contributed by atoms with van der Waals surface area (Å²) in [6.07, 6.45) is 1.43. The van der Waals surface area contributed by atoms with Crippen molar-refractivity contribution in [3.05, 3.63) is 63.6 Å². The van der Waals surface area contributed by atoms with E-state index in [1.54, 1.807) is 44.6 Å². The smallest absolute Gasteiger partial charge is 0.161 e. The van der Waals surface area contributed by atoms with Crippen molar-refractivity contribution in [1.29, 1.82) is 5.26 Å². The van der Waals surface area contributed by atoms with Gasteiger partial charge in [-0.25, -0.2) is 0 Å². The molecule has 0 bridgehead atoms. The fourth-order valence-corrected chi connectivity index (χ4v) is 2.48. The molecule has 0 amide bonds. The predicted octanol–water partition coefficient (Wildman–Crippen LogP) is 4.97. The summed E-state index contributed by atoms with van der Waals surface area (Å²) in [7, 11) is 3.12. The van der Waals surface area contributed by atoms with Crippen molar-refractivity contribution in [3.8, 4) is 17.6 Å². The van der Waals surface area contributed by atoms with Gasteiger partial charge in [0.05, 0.1) is 20.3 Å². The fourth-order valence-electron chi connectivity index (χ4n) is 2.09. The third kappa shape index (κ3) is 3.36. The van der Waals surface area contributed by atoms with Crippen LogP contribution in [0.15, 0.2) is 42.5 Å². The standard InChI is InChI=1S/C17H13Cl2NO2/c1-21-16-6-3-11(9-17(16)22-2)13(7-8-20)14-10-12(18)4-5-15(14)19/h3-7,9-10H,1-2H3/b13-7+. The Hall–Kier alpha value is -2.15. The SMILES string of the molecule is COc1ccc(/C(=C\C#N)c2cc(Cl)ccc2Cl)cc1OC. The van der Waals surface area contributed by atoms with Crippen LogP contribution in [0.3, 0.4) is 0 Å². The molecule has 0 spiro atoms. The van der Waals surface area contributed by atoms with Crippen LogP contribution < -0.4 is 9.47 Å². The molecule has 0 N–H and O–H groups in total. The van der Waals surface area contributed by atoms with Crippen LogP contribution >= 0.6 is 23.2 Å². The predicted molar refractivity (Wildman–Crippen MR) is 88.7 cm³/mol. The van der Waals surface area contributed by atoms with Gasteiger partial charge in [0.25, 0.3) is 0 Å². The first-order chi connectivity index (χ1) is 10.6. The topological polar surface area (TPSA) is 42.2 Å². The Labute approximate surface area is 139 Å². The van der Waals surface area contributed by atoms with E-state index in [1.165, 1.54) is 6.08 Å². The number of rotatable bonds is 4. The fraction of sp³-hybridized carbons (Fsp3) is 0.118. The number of hydrogen-bond donors (Lipinski definition) is 0. The maximum Gasteiger partial charge on any atom is 0.161 e. The van der Waals surface area contributed by atoms with E-state index >= 15 is 0 Å². The summed E-state index contributed by atoms with van der Waals surface area (Å²) in [5, 5.41) is 10.1. The summed E-state index contributed by atoms with van der Waals surface area (Å²) in [6.45, 7) is 0. The second kappa shape index (κ2) is 7.22. The van der Waals surface area contributed by atoms with Gasteiger partial charge in [0.2, 0.25) is 0 Å². The molecule has 2 aromatic carbocycles. The Kier molecular flexibility index (Phi) is 5.32. The minimum Gasteiger partial charge on any atom is -0.493 e. The van der Waals surface area contributed by atoms with Crippen LogP contribution in [0.25, 0.3) is 5.57 Å². The number of methoxy groups -OCH3 is 2. The van der Waals surface area contributed by atoms with Crippen molar-refractivity contribution in [2.45, 2.75) is 0 Å². The van der Waals surface area contributed by atoms with Crippen molar-refractivity contribution in [1.82, 2.24) is 0 Å². The number of nitrogens with zero attached hydrogens (tertiary/aromatic N) is 1. The Morgan fingerprint density at radius 2 is 1.77 bits per heavy atom. The average molecular weight is 334 g/mol. The summed E-state index contributed by atoms with van der Waals surface area (Å²) in [5.41, 5.74) is 2.13. The van der Waals surface area contributed by atoms with Crippen LogP contribution in [0.5, 0.6) is 11.5 Å². The molecular weight excluding hydrogens is 321 g/mol. The molecule has 3 nitrogen and oxygen atoms in total. The highest BCUT2D eigenvalue weighted by molar-refractivity contribution is 6.34. The summed E-state index contributed by atoms with van der Waals surface area (Å²) >= 11 is 12.3. The number of halogens is 2. The minimum atomic E-state index is 0.515. The van der Waals surface area contributed by atoms with Crippen LogP contribution in [0.2, 0.25) is 10.0 Å². The van der Waals surface area contributed by atoms with Crippen molar-refractivity contribution in [3.63, 3.8) is 0 Å². The zero-order chi connectivity index (χ0) is 16.1. The lowest BCUT2D eigenvalue weighted by Gasteiger charge is -2.13. The molecule has 22 heavy (non-hydrogen) atoms. The zero-order valence-corrected chi connectivity index (χ0v) is 13.6.